The Morgan fingerprint density at radius 1 is 1.08 bits per heavy atom. The van der Waals surface area contributed by atoms with E-state index in [1.807, 2.05) is 6.07 Å². The van der Waals surface area contributed by atoms with Gasteiger partial charge in [-0.2, -0.15) is 0 Å². The smallest absolute Gasteiger partial charge is 0.283 e. The van der Waals surface area contributed by atoms with Crippen LogP contribution in [-0.2, 0) is 5.75 Å². The molecule has 0 aliphatic heterocycles. The molecule has 1 aromatic carbocycles. The summed E-state index contributed by atoms with van der Waals surface area (Å²) in [6, 6.07) is 9.77. The highest BCUT2D eigenvalue weighted by Crippen LogP contribution is 2.30. The molecule has 0 aliphatic carbocycles. The van der Waals surface area contributed by atoms with Gasteiger partial charge in [0.2, 0.25) is 11.0 Å². The number of nitrogens with one attached hydrogen (secondary N) is 1. The molecule has 9 heteroatoms. The Hall–Kier alpha value is -2.65. The fourth-order valence-corrected chi connectivity index (χ4v) is 3.81. The molecule has 132 valence electrons. The summed E-state index contributed by atoms with van der Waals surface area (Å²) in [5.74, 6) is 1.97. The summed E-state index contributed by atoms with van der Waals surface area (Å²) in [6.45, 7) is 4.18. The van der Waals surface area contributed by atoms with E-state index in [1.54, 1.807) is 18.4 Å². The summed E-state index contributed by atoms with van der Waals surface area (Å²) < 4.78 is 11.6. The van der Waals surface area contributed by atoms with E-state index in [0.29, 0.717) is 23.3 Å². The van der Waals surface area contributed by atoms with Crippen molar-refractivity contribution in [2.45, 2.75) is 23.9 Å². The van der Waals surface area contributed by atoms with E-state index in [4.69, 9.17) is 8.83 Å². The SMILES string of the molecule is Cc1ccc(Nc2nnc(SCc3nnc(-c4ccco4)o3)s2)cc1C. The molecule has 26 heavy (non-hydrogen) atoms. The van der Waals surface area contributed by atoms with Gasteiger partial charge in [-0.1, -0.05) is 29.2 Å². The predicted octanol–water partition coefficient (Wildman–Crippen LogP) is 4.83. The van der Waals surface area contributed by atoms with Crippen LogP contribution in [0.4, 0.5) is 10.8 Å². The minimum absolute atomic E-state index is 0.375. The Morgan fingerprint density at radius 3 is 2.81 bits per heavy atom. The third kappa shape index (κ3) is 3.78. The van der Waals surface area contributed by atoms with Gasteiger partial charge in [0.05, 0.1) is 12.0 Å². The Balaban J connectivity index is 1.37. The average Bonchev–Trinajstić information content (AvgIpc) is 3.37. The molecule has 7 nitrogen and oxygen atoms in total. The van der Waals surface area contributed by atoms with E-state index in [9.17, 15) is 0 Å². The highest BCUT2D eigenvalue weighted by Gasteiger charge is 2.12. The first kappa shape index (κ1) is 16.8. The van der Waals surface area contributed by atoms with E-state index in [2.05, 4.69) is 51.7 Å². The van der Waals surface area contributed by atoms with Gasteiger partial charge in [0, 0.05) is 5.69 Å². The van der Waals surface area contributed by atoms with Crippen LogP contribution in [0, 0.1) is 13.8 Å². The molecule has 3 heterocycles. The number of nitrogens with zero attached hydrogens (tertiary/aromatic N) is 4. The number of aryl methyl sites for hydroxylation is 2. The van der Waals surface area contributed by atoms with Crippen molar-refractivity contribution in [2.75, 3.05) is 5.32 Å². The van der Waals surface area contributed by atoms with Crippen LogP contribution < -0.4 is 5.32 Å². The zero-order valence-corrected chi connectivity index (χ0v) is 15.7. The zero-order chi connectivity index (χ0) is 17.9. The van der Waals surface area contributed by atoms with E-state index in [-0.39, 0.29) is 0 Å². The molecule has 0 fully saturated rings. The van der Waals surface area contributed by atoms with Crippen molar-refractivity contribution in [3.8, 4) is 11.7 Å². The van der Waals surface area contributed by atoms with Gasteiger partial charge >= 0.3 is 0 Å². The van der Waals surface area contributed by atoms with Crippen LogP contribution in [0.25, 0.3) is 11.7 Å². The van der Waals surface area contributed by atoms with Gasteiger partial charge in [-0.15, -0.1) is 20.4 Å². The number of aromatic nitrogens is 4. The monoisotopic (exact) mass is 385 g/mol. The maximum absolute atomic E-state index is 5.58. The van der Waals surface area contributed by atoms with Gasteiger partial charge in [-0.3, -0.25) is 0 Å². The molecule has 0 amide bonds. The van der Waals surface area contributed by atoms with Crippen molar-refractivity contribution in [2.24, 2.45) is 0 Å². The first-order valence-electron chi connectivity index (χ1n) is 7.84. The summed E-state index contributed by atoms with van der Waals surface area (Å²) in [6.07, 6.45) is 1.57. The lowest BCUT2D eigenvalue weighted by Gasteiger charge is -2.05. The third-order valence-corrected chi connectivity index (χ3v) is 5.64. The van der Waals surface area contributed by atoms with Crippen molar-refractivity contribution in [3.05, 3.63) is 53.6 Å². The molecule has 0 spiro atoms. The van der Waals surface area contributed by atoms with Crippen LogP contribution in [-0.4, -0.2) is 20.4 Å². The average molecular weight is 385 g/mol. The van der Waals surface area contributed by atoms with Crippen LogP contribution in [0.3, 0.4) is 0 Å². The predicted molar refractivity (Wildman–Crippen MR) is 101 cm³/mol. The first-order valence-corrected chi connectivity index (χ1v) is 9.64. The van der Waals surface area contributed by atoms with Crippen LogP contribution >= 0.6 is 23.1 Å². The number of thioether (sulfide) groups is 1. The van der Waals surface area contributed by atoms with Gasteiger partial charge in [-0.05, 0) is 49.2 Å². The molecular formula is C17H15N5O2S2. The van der Waals surface area contributed by atoms with Crippen LogP contribution in [0.5, 0.6) is 0 Å². The van der Waals surface area contributed by atoms with Crippen molar-refractivity contribution < 1.29 is 8.83 Å². The van der Waals surface area contributed by atoms with E-state index < -0.39 is 0 Å². The van der Waals surface area contributed by atoms with Crippen molar-refractivity contribution in [1.82, 2.24) is 20.4 Å². The van der Waals surface area contributed by atoms with Crippen molar-refractivity contribution in [1.29, 1.82) is 0 Å². The molecule has 3 aromatic heterocycles. The number of benzene rings is 1. The number of rotatable bonds is 6. The molecular weight excluding hydrogens is 370 g/mol. The van der Waals surface area contributed by atoms with Gasteiger partial charge in [0.1, 0.15) is 0 Å². The molecule has 0 atom stereocenters. The van der Waals surface area contributed by atoms with E-state index in [0.717, 1.165) is 15.2 Å². The number of anilines is 2. The fraction of sp³-hybridized carbons (Fsp3) is 0.176. The Labute approximate surface area is 157 Å². The number of furan rings is 1. The molecule has 0 radical (unpaired) electrons. The molecule has 0 saturated carbocycles. The first-order chi connectivity index (χ1) is 12.7. The van der Waals surface area contributed by atoms with Crippen molar-refractivity contribution >= 4 is 33.9 Å². The summed E-state index contributed by atoms with van der Waals surface area (Å²) >= 11 is 2.98. The second kappa shape index (κ2) is 7.30. The number of hydrogen-bond acceptors (Lipinski definition) is 9. The van der Waals surface area contributed by atoms with Gasteiger partial charge in [0.25, 0.3) is 5.89 Å². The summed E-state index contributed by atoms with van der Waals surface area (Å²) in [4.78, 5) is 0. The quantitative estimate of drug-likeness (QED) is 0.472. The Morgan fingerprint density at radius 2 is 2.00 bits per heavy atom. The van der Waals surface area contributed by atoms with Crippen LogP contribution in [0.1, 0.15) is 17.0 Å². The molecule has 1 N–H and O–H groups in total. The topological polar surface area (TPSA) is 89.9 Å². The lowest BCUT2D eigenvalue weighted by molar-refractivity contribution is 0.494. The van der Waals surface area contributed by atoms with Crippen molar-refractivity contribution in [3.63, 3.8) is 0 Å². The Bertz CT molecular complexity index is 1010. The lowest BCUT2D eigenvalue weighted by Crippen LogP contribution is -1.91. The second-order valence-electron chi connectivity index (χ2n) is 5.56. The zero-order valence-electron chi connectivity index (χ0n) is 14.1. The summed E-state index contributed by atoms with van der Waals surface area (Å²) in [7, 11) is 0. The summed E-state index contributed by atoms with van der Waals surface area (Å²) in [5.41, 5.74) is 3.50. The molecule has 4 rings (SSSR count). The highest BCUT2D eigenvalue weighted by atomic mass is 32.2. The molecule has 0 unspecified atom stereocenters. The van der Waals surface area contributed by atoms with Gasteiger partial charge in [-0.25, -0.2) is 0 Å². The highest BCUT2D eigenvalue weighted by molar-refractivity contribution is 8.00. The van der Waals surface area contributed by atoms with E-state index >= 15 is 0 Å². The van der Waals surface area contributed by atoms with Crippen LogP contribution in [0.2, 0.25) is 0 Å². The standard InChI is InChI=1S/C17H15N5O2S2/c1-10-5-6-12(8-11(10)2)18-16-21-22-17(26-16)25-9-14-19-20-15(24-14)13-4-3-7-23-13/h3-8H,9H2,1-2H3,(H,18,21). The molecule has 0 saturated heterocycles. The third-order valence-electron chi connectivity index (χ3n) is 3.68. The van der Waals surface area contributed by atoms with Crippen LogP contribution in [0.15, 0.2) is 49.8 Å². The molecule has 0 bridgehead atoms. The minimum Gasteiger partial charge on any atom is -0.459 e. The lowest BCUT2D eigenvalue weighted by atomic mass is 10.1. The minimum atomic E-state index is 0.375. The normalized spacial score (nSPS) is 11.0. The van der Waals surface area contributed by atoms with E-state index in [1.165, 1.54) is 34.2 Å². The van der Waals surface area contributed by atoms with Gasteiger partial charge in [0.15, 0.2) is 10.1 Å². The maximum Gasteiger partial charge on any atom is 0.283 e. The Kier molecular flexibility index (Phi) is 4.72. The number of hydrogen-bond donors (Lipinski definition) is 1. The largest absolute Gasteiger partial charge is 0.459 e. The molecule has 4 aromatic rings. The molecule has 0 aliphatic rings. The summed E-state index contributed by atoms with van der Waals surface area (Å²) in [5, 5.41) is 20.4. The maximum atomic E-state index is 5.58. The second-order valence-corrected chi connectivity index (χ2v) is 7.76. The fourth-order valence-electron chi connectivity index (χ4n) is 2.20. The van der Waals surface area contributed by atoms with Gasteiger partial charge < -0.3 is 14.2 Å².